The van der Waals surface area contributed by atoms with E-state index in [2.05, 4.69) is 15.6 Å². The highest BCUT2D eigenvalue weighted by atomic mass is 35.5. The van der Waals surface area contributed by atoms with Crippen LogP contribution in [0.4, 0.5) is 5.69 Å². The van der Waals surface area contributed by atoms with Gasteiger partial charge in [0.25, 0.3) is 5.91 Å². The molecule has 2 unspecified atom stereocenters. The standard InChI is InChI=1S/C20H26N4O3.2ClH/c1-5-12(2)18(21)20(26)24-14-7-6-13(3)17(10-14)27-15-8-9-23-16(11-15)19(25)22-4;;/h6-12,18H,5,21H2,1-4H3,(H,22,25)(H,24,26);2*1H. The van der Waals surface area contributed by atoms with E-state index < -0.39 is 6.04 Å². The van der Waals surface area contributed by atoms with Gasteiger partial charge in [0.2, 0.25) is 5.91 Å². The summed E-state index contributed by atoms with van der Waals surface area (Å²) in [5.74, 6) is 0.610. The number of aryl methyl sites for hydroxylation is 1. The lowest BCUT2D eigenvalue weighted by Gasteiger charge is -2.18. The number of benzene rings is 1. The van der Waals surface area contributed by atoms with Crippen LogP contribution in [0.2, 0.25) is 0 Å². The molecule has 0 radical (unpaired) electrons. The summed E-state index contributed by atoms with van der Waals surface area (Å²) in [6, 6.07) is 8.03. The molecule has 1 heterocycles. The summed E-state index contributed by atoms with van der Waals surface area (Å²) in [6.07, 6.45) is 2.33. The maximum absolute atomic E-state index is 12.3. The van der Waals surface area contributed by atoms with Gasteiger partial charge in [-0.25, -0.2) is 0 Å². The number of carbonyl (C=O) groups is 2. The summed E-state index contributed by atoms with van der Waals surface area (Å²) in [5, 5.41) is 5.35. The number of amides is 2. The lowest BCUT2D eigenvalue weighted by atomic mass is 9.99. The van der Waals surface area contributed by atoms with E-state index in [1.54, 1.807) is 24.3 Å². The Hall–Kier alpha value is -2.35. The third kappa shape index (κ3) is 7.20. The molecule has 0 fully saturated rings. The largest absolute Gasteiger partial charge is 0.457 e. The maximum Gasteiger partial charge on any atom is 0.269 e. The lowest BCUT2D eigenvalue weighted by molar-refractivity contribution is -0.118. The van der Waals surface area contributed by atoms with Crippen molar-refractivity contribution < 1.29 is 14.3 Å². The van der Waals surface area contributed by atoms with Crippen LogP contribution < -0.4 is 21.1 Å². The highest BCUT2D eigenvalue weighted by Gasteiger charge is 2.19. The Morgan fingerprint density at radius 1 is 1.21 bits per heavy atom. The molecule has 2 aromatic rings. The third-order valence-electron chi connectivity index (χ3n) is 4.43. The second-order valence-corrected chi connectivity index (χ2v) is 6.44. The average Bonchev–Trinajstić information content (AvgIpc) is 2.68. The van der Waals surface area contributed by atoms with Crippen molar-refractivity contribution in [3.8, 4) is 11.5 Å². The Labute approximate surface area is 183 Å². The van der Waals surface area contributed by atoms with Crippen molar-refractivity contribution in [3.63, 3.8) is 0 Å². The first kappa shape index (κ1) is 26.6. The van der Waals surface area contributed by atoms with Crippen LogP contribution in [-0.2, 0) is 4.79 Å². The van der Waals surface area contributed by atoms with Gasteiger partial charge in [0.15, 0.2) is 0 Å². The number of nitrogens with one attached hydrogen (secondary N) is 2. The monoisotopic (exact) mass is 442 g/mol. The molecule has 0 aliphatic rings. The first-order valence-electron chi connectivity index (χ1n) is 8.88. The maximum atomic E-state index is 12.3. The van der Waals surface area contributed by atoms with Crippen molar-refractivity contribution in [1.82, 2.24) is 10.3 Å². The summed E-state index contributed by atoms with van der Waals surface area (Å²) in [7, 11) is 1.54. The van der Waals surface area contributed by atoms with Crippen molar-refractivity contribution >= 4 is 42.3 Å². The van der Waals surface area contributed by atoms with Gasteiger partial charge in [0.1, 0.15) is 17.2 Å². The molecule has 2 amide bonds. The zero-order valence-corrected chi connectivity index (χ0v) is 18.5. The fourth-order valence-electron chi connectivity index (χ4n) is 2.38. The van der Waals surface area contributed by atoms with Crippen molar-refractivity contribution in [2.75, 3.05) is 12.4 Å². The van der Waals surface area contributed by atoms with Gasteiger partial charge in [-0.05, 0) is 30.5 Å². The van der Waals surface area contributed by atoms with Crippen LogP contribution in [-0.4, -0.2) is 29.9 Å². The molecule has 0 spiro atoms. The predicted octanol–water partition coefficient (Wildman–Crippen LogP) is 3.70. The van der Waals surface area contributed by atoms with Crippen LogP contribution in [0.25, 0.3) is 0 Å². The van der Waals surface area contributed by atoms with E-state index in [-0.39, 0.29) is 48.2 Å². The van der Waals surface area contributed by atoms with Gasteiger partial charge in [0.05, 0.1) is 6.04 Å². The Morgan fingerprint density at radius 2 is 1.90 bits per heavy atom. The zero-order valence-electron chi connectivity index (χ0n) is 16.9. The van der Waals surface area contributed by atoms with E-state index in [0.717, 1.165) is 12.0 Å². The fraction of sp³-hybridized carbons (Fsp3) is 0.350. The number of hydrogen-bond acceptors (Lipinski definition) is 5. The van der Waals surface area contributed by atoms with Gasteiger partial charge in [0, 0.05) is 31.1 Å². The Balaban J connectivity index is 0.00000392. The van der Waals surface area contributed by atoms with Crippen LogP contribution in [0.1, 0.15) is 36.3 Å². The molecule has 0 aliphatic carbocycles. The Kier molecular flexibility index (Phi) is 11.3. The molecule has 1 aromatic carbocycles. The zero-order chi connectivity index (χ0) is 20.0. The van der Waals surface area contributed by atoms with Gasteiger partial charge < -0.3 is 21.1 Å². The van der Waals surface area contributed by atoms with Gasteiger partial charge >= 0.3 is 0 Å². The summed E-state index contributed by atoms with van der Waals surface area (Å²) < 4.78 is 5.89. The molecular formula is C20H28Cl2N4O3. The minimum absolute atomic E-state index is 0. The van der Waals surface area contributed by atoms with Crippen LogP contribution >= 0.6 is 24.8 Å². The van der Waals surface area contributed by atoms with Crippen LogP contribution in [0.3, 0.4) is 0 Å². The molecule has 160 valence electrons. The Morgan fingerprint density at radius 3 is 2.52 bits per heavy atom. The fourth-order valence-corrected chi connectivity index (χ4v) is 2.38. The molecule has 29 heavy (non-hydrogen) atoms. The summed E-state index contributed by atoms with van der Waals surface area (Å²) in [5.41, 5.74) is 7.73. The van der Waals surface area contributed by atoms with Gasteiger partial charge in [-0.2, -0.15) is 0 Å². The molecule has 0 bridgehead atoms. The van der Waals surface area contributed by atoms with Crippen molar-refractivity contribution in [2.45, 2.75) is 33.2 Å². The van der Waals surface area contributed by atoms with Gasteiger partial charge in [-0.3, -0.25) is 14.6 Å². The number of halogens is 2. The average molecular weight is 443 g/mol. The van der Waals surface area contributed by atoms with Crippen molar-refractivity contribution in [3.05, 3.63) is 47.8 Å². The van der Waals surface area contributed by atoms with E-state index in [1.807, 2.05) is 26.8 Å². The quantitative estimate of drug-likeness (QED) is 0.605. The van der Waals surface area contributed by atoms with E-state index in [9.17, 15) is 9.59 Å². The van der Waals surface area contributed by atoms with Crippen molar-refractivity contribution in [1.29, 1.82) is 0 Å². The second-order valence-electron chi connectivity index (χ2n) is 6.44. The Bertz CT molecular complexity index is 833. The number of ether oxygens (including phenoxy) is 1. The molecule has 2 atom stereocenters. The molecule has 0 saturated heterocycles. The topological polar surface area (TPSA) is 106 Å². The highest BCUT2D eigenvalue weighted by Crippen LogP contribution is 2.28. The second kappa shape index (κ2) is 12.3. The highest BCUT2D eigenvalue weighted by molar-refractivity contribution is 5.95. The van der Waals surface area contributed by atoms with E-state index >= 15 is 0 Å². The number of nitrogens with two attached hydrogens (primary N) is 1. The molecule has 0 saturated carbocycles. The number of rotatable bonds is 7. The molecule has 4 N–H and O–H groups in total. The molecule has 7 nitrogen and oxygen atoms in total. The number of aromatic nitrogens is 1. The van der Waals surface area contributed by atoms with Crippen LogP contribution in [0.15, 0.2) is 36.5 Å². The van der Waals surface area contributed by atoms with E-state index in [4.69, 9.17) is 10.5 Å². The smallest absolute Gasteiger partial charge is 0.269 e. The molecule has 0 aliphatic heterocycles. The number of hydrogen-bond donors (Lipinski definition) is 3. The summed E-state index contributed by atoms with van der Waals surface area (Å²) >= 11 is 0. The number of pyridine rings is 1. The van der Waals surface area contributed by atoms with Gasteiger partial charge in [-0.1, -0.05) is 26.3 Å². The number of carbonyl (C=O) groups excluding carboxylic acids is 2. The number of anilines is 1. The summed E-state index contributed by atoms with van der Waals surface area (Å²) in [6.45, 7) is 5.84. The van der Waals surface area contributed by atoms with E-state index in [1.165, 1.54) is 13.2 Å². The van der Waals surface area contributed by atoms with Crippen LogP contribution in [0, 0.1) is 12.8 Å². The van der Waals surface area contributed by atoms with E-state index in [0.29, 0.717) is 17.2 Å². The predicted molar refractivity (Wildman–Crippen MR) is 119 cm³/mol. The normalized spacial score (nSPS) is 11.9. The summed E-state index contributed by atoms with van der Waals surface area (Å²) in [4.78, 5) is 28.0. The number of nitrogens with zero attached hydrogens (tertiary/aromatic N) is 1. The SMILES string of the molecule is CCC(C)C(N)C(=O)Nc1ccc(C)c(Oc2ccnc(C(=O)NC)c2)c1.Cl.Cl. The molecular weight excluding hydrogens is 415 g/mol. The molecule has 9 heteroatoms. The van der Waals surface area contributed by atoms with Crippen molar-refractivity contribution in [2.24, 2.45) is 11.7 Å². The third-order valence-corrected chi connectivity index (χ3v) is 4.43. The minimum atomic E-state index is -0.573. The van der Waals surface area contributed by atoms with Crippen LogP contribution in [0.5, 0.6) is 11.5 Å². The molecule has 1 aromatic heterocycles. The molecule has 2 rings (SSSR count). The minimum Gasteiger partial charge on any atom is -0.457 e. The lowest BCUT2D eigenvalue weighted by Crippen LogP contribution is -2.40. The first-order chi connectivity index (χ1) is 12.8. The first-order valence-corrected chi connectivity index (χ1v) is 8.88. The van der Waals surface area contributed by atoms with Gasteiger partial charge in [-0.15, -0.1) is 24.8 Å².